The van der Waals surface area contributed by atoms with Crippen molar-refractivity contribution in [1.82, 2.24) is 10.5 Å². The van der Waals surface area contributed by atoms with E-state index in [9.17, 15) is 4.79 Å². The number of aryl methyl sites for hydroxylation is 1. The number of rotatable bonds is 3. The van der Waals surface area contributed by atoms with Crippen molar-refractivity contribution in [3.63, 3.8) is 0 Å². The van der Waals surface area contributed by atoms with E-state index >= 15 is 0 Å². The predicted octanol–water partition coefficient (Wildman–Crippen LogP) is 2.37. The van der Waals surface area contributed by atoms with Crippen molar-refractivity contribution in [2.24, 2.45) is 0 Å². The van der Waals surface area contributed by atoms with Crippen molar-refractivity contribution < 1.29 is 9.32 Å². The summed E-state index contributed by atoms with van der Waals surface area (Å²) in [7, 11) is 0. The Morgan fingerprint density at radius 2 is 2.50 bits per heavy atom. The second-order valence-corrected chi connectivity index (χ2v) is 4.14. The largest absolute Gasteiger partial charge is 0.361 e. The van der Waals surface area contributed by atoms with Gasteiger partial charge in [0.2, 0.25) is 0 Å². The molecule has 0 atom stereocenters. The summed E-state index contributed by atoms with van der Waals surface area (Å²) in [5, 5.41) is 11.8. The Morgan fingerprint density at radius 1 is 1.62 bits per heavy atom. The highest BCUT2D eigenvalue weighted by atomic mass is 32.1. The lowest BCUT2D eigenvalue weighted by Crippen LogP contribution is -2.27. The molecular formula is C10H11N3O2S. The predicted molar refractivity (Wildman–Crippen MR) is 61.4 cm³/mol. The first-order chi connectivity index (χ1) is 7.75. The highest BCUT2D eigenvalue weighted by molar-refractivity contribution is 7.14. The number of anilines is 1. The van der Waals surface area contributed by atoms with E-state index in [0.29, 0.717) is 6.54 Å². The van der Waals surface area contributed by atoms with Crippen LogP contribution in [0.25, 0.3) is 0 Å². The highest BCUT2D eigenvalue weighted by Gasteiger charge is 2.05. The molecule has 2 amide bonds. The van der Waals surface area contributed by atoms with Gasteiger partial charge in [-0.15, -0.1) is 11.3 Å². The minimum atomic E-state index is -0.233. The molecule has 0 bridgehead atoms. The van der Waals surface area contributed by atoms with Gasteiger partial charge in [0, 0.05) is 12.1 Å². The van der Waals surface area contributed by atoms with Gasteiger partial charge in [0.15, 0.2) is 0 Å². The van der Waals surface area contributed by atoms with E-state index < -0.39 is 0 Å². The Bertz CT molecular complexity index is 464. The molecule has 16 heavy (non-hydrogen) atoms. The van der Waals surface area contributed by atoms with E-state index in [-0.39, 0.29) is 6.03 Å². The molecule has 0 aliphatic heterocycles. The van der Waals surface area contributed by atoms with Crippen molar-refractivity contribution in [2.75, 3.05) is 5.32 Å². The summed E-state index contributed by atoms with van der Waals surface area (Å²) >= 11 is 1.47. The quantitative estimate of drug-likeness (QED) is 0.861. The summed E-state index contributed by atoms with van der Waals surface area (Å²) in [6.07, 6.45) is 1.60. The molecule has 2 aromatic heterocycles. The summed E-state index contributed by atoms with van der Waals surface area (Å²) in [5.41, 5.74) is 0.876. The molecule has 0 aliphatic carbocycles. The fraction of sp³-hybridized carbons (Fsp3) is 0.200. The number of thiophene rings is 1. The molecule has 2 aromatic rings. The Balaban J connectivity index is 1.82. The maximum Gasteiger partial charge on any atom is 0.320 e. The summed E-state index contributed by atoms with van der Waals surface area (Å²) < 4.78 is 4.88. The molecule has 2 heterocycles. The lowest BCUT2D eigenvalue weighted by atomic mass is 10.3. The lowest BCUT2D eigenvalue weighted by Gasteiger charge is -2.04. The molecule has 0 saturated carbocycles. The summed E-state index contributed by atoms with van der Waals surface area (Å²) in [6.45, 7) is 2.22. The van der Waals surface area contributed by atoms with E-state index in [1.165, 1.54) is 11.3 Å². The molecule has 84 valence electrons. The molecule has 0 spiro atoms. The van der Waals surface area contributed by atoms with Crippen LogP contribution in [0.5, 0.6) is 0 Å². The van der Waals surface area contributed by atoms with Crippen molar-refractivity contribution in [2.45, 2.75) is 13.5 Å². The van der Waals surface area contributed by atoms with Crippen molar-refractivity contribution in [3.8, 4) is 0 Å². The van der Waals surface area contributed by atoms with Crippen LogP contribution in [0, 0.1) is 6.92 Å². The van der Waals surface area contributed by atoms with Crippen LogP contribution in [-0.2, 0) is 6.54 Å². The third-order valence-corrected chi connectivity index (χ3v) is 2.83. The van der Waals surface area contributed by atoms with Gasteiger partial charge in [-0.25, -0.2) is 4.79 Å². The summed E-state index contributed by atoms with van der Waals surface area (Å²) in [4.78, 5) is 11.5. The smallest absolute Gasteiger partial charge is 0.320 e. The molecule has 0 aromatic carbocycles. The van der Waals surface area contributed by atoms with Crippen molar-refractivity contribution in [1.29, 1.82) is 0 Å². The highest BCUT2D eigenvalue weighted by Crippen LogP contribution is 2.14. The first-order valence-corrected chi connectivity index (χ1v) is 5.62. The number of nitrogens with zero attached hydrogens (tertiary/aromatic N) is 1. The van der Waals surface area contributed by atoms with E-state index in [1.807, 2.05) is 17.5 Å². The van der Waals surface area contributed by atoms with Crippen LogP contribution < -0.4 is 10.6 Å². The van der Waals surface area contributed by atoms with Crippen LogP contribution >= 0.6 is 11.3 Å². The fourth-order valence-electron chi connectivity index (χ4n) is 1.17. The van der Waals surface area contributed by atoms with Crippen LogP contribution in [0.15, 0.2) is 28.2 Å². The number of hydrogen-bond acceptors (Lipinski definition) is 4. The van der Waals surface area contributed by atoms with Gasteiger partial charge in [-0.2, -0.15) is 0 Å². The molecule has 0 radical (unpaired) electrons. The first-order valence-electron chi connectivity index (χ1n) is 4.74. The van der Waals surface area contributed by atoms with Gasteiger partial charge < -0.3 is 9.84 Å². The minimum absolute atomic E-state index is 0.233. The van der Waals surface area contributed by atoms with Gasteiger partial charge in [0.1, 0.15) is 5.76 Å². The zero-order valence-electron chi connectivity index (χ0n) is 8.69. The molecule has 2 rings (SSSR count). The topological polar surface area (TPSA) is 67.2 Å². The number of aromatic nitrogens is 1. The second-order valence-electron chi connectivity index (χ2n) is 3.19. The second kappa shape index (κ2) is 4.80. The van der Waals surface area contributed by atoms with Crippen LogP contribution in [-0.4, -0.2) is 11.2 Å². The zero-order chi connectivity index (χ0) is 11.4. The molecule has 0 fully saturated rings. The maximum atomic E-state index is 11.5. The van der Waals surface area contributed by atoms with Gasteiger partial charge in [-0.1, -0.05) is 5.16 Å². The third-order valence-electron chi connectivity index (χ3n) is 2.05. The van der Waals surface area contributed by atoms with Crippen LogP contribution in [0.4, 0.5) is 9.80 Å². The van der Waals surface area contributed by atoms with Crippen molar-refractivity contribution in [3.05, 3.63) is 35.0 Å². The Morgan fingerprint density at radius 3 is 3.12 bits per heavy atom. The van der Waals surface area contributed by atoms with Gasteiger partial charge in [-0.3, -0.25) is 5.32 Å². The SMILES string of the molecule is Cc1oncc1CNC(=O)Nc1cccs1. The van der Waals surface area contributed by atoms with Gasteiger partial charge in [0.25, 0.3) is 0 Å². The van der Waals surface area contributed by atoms with Gasteiger partial charge >= 0.3 is 6.03 Å². The Kier molecular flexibility index (Phi) is 3.21. The standard InChI is InChI=1S/C10H11N3O2S/c1-7-8(6-12-15-7)5-11-10(14)13-9-3-2-4-16-9/h2-4,6H,5H2,1H3,(H2,11,13,14). The fourth-order valence-corrected chi connectivity index (χ4v) is 1.78. The normalized spacial score (nSPS) is 10.1. The monoisotopic (exact) mass is 237 g/mol. The van der Waals surface area contributed by atoms with E-state index in [4.69, 9.17) is 4.52 Å². The minimum Gasteiger partial charge on any atom is -0.361 e. The number of carbonyl (C=O) groups is 1. The number of urea groups is 1. The first kappa shape index (κ1) is 10.7. The molecule has 6 heteroatoms. The van der Waals surface area contributed by atoms with Gasteiger partial charge in [-0.05, 0) is 24.4 Å². The lowest BCUT2D eigenvalue weighted by molar-refractivity contribution is 0.252. The van der Waals surface area contributed by atoms with Crippen LogP contribution in [0.1, 0.15) is 11.3 Å². The maximum absolute atomic E-state index is 11.5. The average molecular weight is 237 g/mol. The number of hydrogen-bond donors (Lipinski definition) is 2. The molecule has 0 aliphatic rings. The molecule has 5 nitrogen and oxygen atoms in total. The molecule has 0 unspecified atom stereocenters. The van der Waals surface area contributed by atoms with E-state index in [2.05, 4.69) is 15.8 Å². The summed E-state index contributed by atoms with van der Waals surface area (Å²) in [6, 6.07) is 3.49. The summed E-state index contributed by atoms with van der Waals surface area (Å²) in [5.74, 6) is 0.719. The number of nitrogens with one attached hydrogen (secondary N) is 2. The number of amides is 2. The molecular weight excluding hydrogens is 226 g/mol. The third kappa shape index (κ3) is 2.60. The van der Waals surface area contributed by atoms with Crippen LogP contribution in [0.2, 0.25) is 0 Å². The van der Waals surface area contributed by atoms with Crippen LogP contribution in [0.3, 0.4) is 0 Å². The Hall–Kier alpha value is -1.82. The van der Waals surface area contributed by atoms with Gasteiger partial charge in [0.05, 0.1) is 11.2 Å². The number of carbonyl (C=O) groups excluding carboxylic acids is 1. The average Bonchev–Trinajstić information content (AvgIpc) is 2.87. The molecule has 0 saturated heterocycles. The van der Waals surface area contributed by atoms with E-state index in [0.717, 1.165) is 16.3 Å². The Labute approximate surface area is 96.5 Å². The van der Waals surface area contributed by atoms with E-state index in [1.54, 1.807) is 13.1 Å². The molecule has 2 N–H and O–H groups in total. The van der Waals surface area contributed by atoms with Crippen molar-refractivity contribution >= 4 is 22.4 Å². The zero-order valence-corrected chi connectivity index (χ0v) is 9.50.